The molecule has 118 valence electrons. The molecule has 0 amide bonds. The van der Waals surface area contributed by atoms with Gasteiger partial charge in [0.15, 0.2) is 0 Å². The van der Waals surface area contributed by atoms with Gasteiger partial charge in [-0.15, -0.1) is 0 Å². The maximum Gasteiger partial charge on any atom is 0.417 e. The van der Waals surface area contributed by atoms with Crippen LogP contribution in [0, 0.1) is 0 Å². The minimum Gasteiger partial charge on any atom is -0.275 e. The van der Waals surface area contributed by atoms with Crippen LogP contribution in [0.25, 0.3) is 22.4 Å². The first kappa shape index (κ1) is 15.6. The van der Waals surface area contributed by atoms with E-state index in [4.69, 9.17) is 11.6 Å². The van der Waals surface area contributed by atoms with Gasteiger partial charge in [0, 0.05) is 30.6 Å². The van der Waals surface area contributed by atoms with Gasteiger partial charge in [-0.3, -0.25) is 9.67 Å². The van der Waals surface area contributed by atoms with Gasteiger partial charge in [0.1, 0.15) is 0 Å². The molecule has 1 aromatic carbocycles. The highest BCUT2D eigenvalue weighted by molar-refractivity contribution is 6.31. The molecule has 0 fully saturated rings. The Balaban J connectivity index is 2.06. The SMILES string of the molecule is Cn1cc(-c2cccc(-c3cc(C(F)(F)F)c(Cl)cn3)c2)cn1. The van der Waals surface area contributed by atoms with Gasteiger partial charge < -0.3 is 0 Å². The number of alkyl halides is 3. The summed E-state index contributed by atoms with van der Waals surface area (Å²) in [6.07, 6.45) is 0.0251. The van der Waals surface area contributed by atoms with Crippen molar-refractivity contribution < 1.29 is 13.2 Å². The van der Waals surface area contributed by atoms with Crippen molar-refractivity contribution in [2.75, 3.05) is 0 Å². The predicted octanol–water partition coefficient (Wildman–Crippen LogP) is 4.82. The zero-order chi connectivity index (χ0) is 16.6. The number of aryl methyl sites for hydroxylation is 1. The third kappa shape index (κ3) is 3.22. The maximum atomic E-state index is 13.0. The summed E-state index contributed by atoms with van der Waals surface area (Å²) in [5.41, 5.74) is 1.62. The Morgan fingerprint density at radius 3 is 2.43 bits per heavy atom. The Morgan fingerprint density at radius 1 is 1.04 bits per heavy atom. The van der Waals surface area contributed by atoms with E-state index in [1.165, 1.54) is 0 Å². The Morgan fingerprint density at radius 2 is 1.78 bits per heavy atom. The van der Waals surface area contributed by atoms with E-state index in [0.717, 1.165) is 23.4 Å². The lowest BCUT2D eigenvalue weighted by atomic mass is 10.0. The first-order valence-corrected chi connectivity index (χ1v) is 7.04. The number of pyridine rings is 1. The molecule has 3 rings (SSSR count). The lowest BCUT2D eigenvalue weighted by Gasteiger charge is -2.11. The molecule has 0 atom stereocenters. The Labute approximate surface area is 135 Å². The standard InChI is InChI=1S/C16H11ClF3N3/c1-23-9-12(7-22-23)10-3-2-4-11(5-10)15-6-13(16(18,19)20)14(17)8-21-15/h2-9H,1H3. The molecule has 0 aliphatic heterocycles. The summed E-state index contributed by atoms with van der Waals surface area (Å²) in [5, 5.41) is 3.68. The van der Waals surface area contributed by atoms with Gasteiger partial charge in [0.25, 0.3) is 0 Å². The van der Waals surface area contributed by atoms with Crippen molar-refractivity contribution in [1.29, 1.82) is 0 Å². The van der Waals surface area contributed by atoms with E-state index in [9.17, 15) is 13.2 Å². The van der Waals surface area contributed by atoms with Crippen LogP contribution >= 0.6 is 11.6 Å². The number of hydrogen-bond acceptors (Lipinski definition) is 2. The number of rotatable bonds is 2. The van der Waals surface area contributed by atoms with Gasteiger partial charge in [0.05, 0.1) is 22.5 Å². The van der Waals surface area contributed by atoms with Crippen LogP contribution in [0.2, 0.25) is 5.02 Å². The second-order valence-electron chi connectivity index (χ2n) is 5.03. The van der Waals surface area contributed by atoms with Crippen LogP contribution in [0.15, 0.2) is 48.9 Å². The molecule has 0 saturated heterocycles. The topological polar surface area (TPSA) is 30.7 Å². The quantitative estimate of drug-likeness (QED) is 0.671. The molecular weight excluding hydrogens is 327 g/mol. The van der Waals surface area contributed by atoms with Crippen molar-refractivity contribution >= 4 is 11.6 Å². The van der Waals surface area contributed by atoms with Gasteiger partial charge in [-0.05, 0) is 17.7 Å². The lowest BCUT2D eigenvalue weighted by molar-refractivity contribution is -0.137. The molecule has 0 spiro atoms. The zero-order valence-electron chi connectivity index (χ0n) is 12.0. The fraction of sp³-hybridized carbons (Fsp3) is 0.125. The van der Waals surface area contributed by atoms with E-state index in [0.29, 0.717) is 5.56 Å². The van der Waals surface area contributed by atoms with Crippen LogP contribution < -0.4 is 0 Å². The first-order chi connectivity index (χ1) is 10.8. The molecular formula is C16H11ClF3N3. The minimum absolute atomic E-state index is 0.215. The van der Waals surface area contributed by atoms with Crippen LogP contribution in [0.5, 0.6) is 0 Å². The normalized spacial score (nSPS) is 11.7. The van der Waals surface area contributed by atoms with E-state index < -0.39 is 16.8 Å². The molecule has 0 radical (unpaired) electrons. The first-order valence-electron chi connectivity index (χ1n) is 6.67. The number of halogens is 4. The molecule has 0 N–H and O–H groups in total. The van der Waals surface area contributed by atoms with Crippen molar-refractivity contribution in [2.45, 2.75) is 6.18 Å². The van der Waals surface area contributed by atoms with Gasteiger partial charge in [-0.2, -0.15) is 18.3 Å². The van der Waals surface area contributed by atoms with Crippen molar-refractivity contribution in [3.8, 4) is 22.4 Å². The van der Waals surface area contributed by atoms with E-state index in [2.05, 4.69) is 10.1 Å². The second-order valence-corrected chi connectivity index (χ2v) is 5.44. The average molecular weight is 338 g/mol. The van der Waals surface area contributed by atoms with E-state index in [1.807, 2.05) is 12.3 Å². The third-order valence-corrected chi connectivity index (χ3v) is 3.66. The molecule has 3 nitrogen and oxygen atoms in total. The largest absolute Gasteiger partial charge is 0.417 e. The summed E-state index contributed by atoms with van der Waals surface area (Å²) in [7, 11) is 1.80. The molecule has 23 heavy (non-hydrogen) atoms. The van der Waals surface area contributed by atoms with Crippen LogP contribution in [0.1, 0.15) is 5.56 Å². The lowest BCUT2D eigenvalue weighted by Crippen LogP contribution is -2.06. The summed E-state index contributed by atoms with van der Waals surface area (Å²) in [4.78, 5) is 4.01. The Bertz CT molecular complexity index is 856. The highest BCUT2D eigenvalue weighted by atomic mass is 35.5. The molecule has 3 aromatic rings. The van der Waals surface area contributed by atoms with Gasteiger partial charge in [-0.25, -0.2) is 0 Å². The number of benzene rings is 1. The average Bonchev–Trinajstić information content (AvgIpc) is 2.93. The number of aromatic nitrogens is 3. The summed E-state index contributed by atoms with van der Waals surface area (Å²) < 4.78 is 40.6. The molecule has 7 heteroatoms. The van der Waals surface area contributed by atoms with Crippen LogP contribution in [-0.4, -0.2) is 14.8 Å². The predicted molar refractivity (Wildman–Crippen MR) is 81.9 cm³/mol. The number of hydrogen-bond donors (Lipinski definition) is 0. The Kier molecular flexibility index (Phi) is 3.85. The molecule has 0 unspecified atom stereocenters. The highest BCUT2D eigenvalue weighted by Crippen LogP contribution is 2.36. The summed E-state index contributed by atoms with van der Waals surface area (Å²) in [6, 6.07) is 8.07. The Hall–Kier alpha value is -2.34. The van der Waals surface area contributed by atoms with Crippen LogP contribution in [0.3, 0.4) is 0 Å². The fourth-order valence-electron chi connectivity index (χ4n) is 2.24. The molecule has 0 aliphatic rings. The zero-order valence-corrected chi connectivity index (χ0v) is 12.7. The van der Waals surface area contributed by atoms with Crippen molar-refractivity contribution in [3.63, 3.8) is 0 Å². The summed E-state index contributed by atoms with van der Waals surface area (Å²) >= 11 is 5.60. The van der Waals surface area contributed by atoms with Gasteiger partial charge >= 0.3 is 6.18 Å². The van der Waals surface area contributed by atoms with Crippen LogP contribution in [0.4, 0.5) is 13.2 Å². The third-order valence-electron chi connectivity index (χ3n) is 3.36. The van der Waals surface area contributed by atoms with E-state index in [1.54, 1.807) is 36.1 Å². The van der Waals surface area contributed by atoms with Crippen molar-refractivity contribution in [3.05, 3.63) is 59.5 Å². The smallest absolute Gasteiger partial charge is 0.275 e. The molecule has 0 aliphatic carbocycles. The number of nitrogens with zero attached hydrogens (tertiary/aromatic N) is 3. The molecule has 2 heterocycles. The highest BCUT2D eigenvalue weighted by Gasteiger charge is 2.33. The van der Waals surface area contributed by atoms with Crippen molar-refractivity contribution in [1.82, 2.24) is 14.8 Å². The molecule has 0 bridgehead atoms. The van der Waals surface area contributed by atoms with Gasteiger partial charge in [0.2, 0.25) is 0 Å². The molecule has 2 aromatic heterocycles. The second kappa shape index (κ2) is 5.70. The van der Waals surface area contributed by atoms with Crippen LogP contribution in [-0.2, 0) is 13.2 Å². The summed E-state index contributed by atoms with van der Waals surface area (Å²) in [5.74, 6) is 0. The van der Waals surface area contributed by atoms with Crippen molar-refractivity contribution in [2.24, 2.45) is 7.05 Å². The maximum absolute atomic E-state index is 13.0. The van der Waals surface area contributed by atoms with E-state index >= 15 is 0 Å². The minimum atomic E-state index is -4.52. The monoisotopic (exact) mass is 337 g/mol. The fourth-order valence-corrected chi connectivity index (χ4v) is 2.45. The van der Waals surface area contributed by atoms with E-state index in [-0.39, 0.29) is 5.69 Å². The van der Waals surface area contributed by atoms with Gasteiger partial charge in [-0.1, -0.05) is 29.8 Å². The molecule has 0 saturated carbocycles. The summed E-state index contributed by atoms with van der Waals surface area (Å²) in [6.45, 7) is 0.